The van der Waals surface area contributed by atoms with E-state index in [4.69, 9.17) is 5.84 Å². The first-order valence-corrected chi connectivity index (χ1v) is 8.42. The molecule has 2 heterocycles. The van der Waals surface area contributed by atoms with E-state index in [1.165, 1.54) is 0 Å². The van der Waals surface area contributed by atoms with E-state index >= 15 is 0 Å². The van der Waals surface area contributed by atoms with Gasteiger partial charge in [-0.05, 0) is 45.4 Å². The van der Waals surface area contributed by atoms with Crippen LogP contribution in [0.25, 0.3) is 0 Å². The Balaban J connectivity index is 1.96. The van der Waals surface area contributed by atoms with E-state index in [9.17, 15) is 4.39 Å². The summed E-state index contributed by atoms with van der Waals surface area (Å²) < 4.78 is 14.3. The minimum absolute atomic E-state index is 0.0154. The maximum atomic E-state index is 14.3. The predicted molar refractivity (Wildman–Crippen MR) is 85.8 cm³/mol. The van der Waals surface area contributed by atoms with Crippen molar-refractivity contribution in [2.24, 2.45) is 28.0 Å². The molecule has 0 bridgehead atoms. The molecule has 2 aliphatic heterocycles. The maximum absolute atomic E-state index is 14.3. The number of alkyl halides is 1. The summed E-state index contributed by atoms with van der Waals surface area (Å²) in [5.41, 5.74) is 0. The molecule has 2 fully saturated rings. The smallest absolute Gasteiger partial charge is 0.123 e. The standard InChI is InChI=1S/C15H31FN6/c1-9(2)22-11(4)18-7-12(22)5-10(3)13-6-15(20-21-17)19-8-14(13)16/h9-15,18-19H,5-8H2,1-4H3,(H2,17,20). The third-order valence-corrected chi connectivity index (χ3v) is 5.20. The van der Waals surface area contributed by atoms with Gasteiger partial charge in [0.2, 0.25) is 0 Å². The zero-order valence-electron chi connectivity index (χ0n) is 14.2. The lowest BCUT2D eigenvalue weighted by molar-refractivity contribution is 0.0784. The summed E-state index contributed by atoms with van der Waals surface area (Å²) in [6, 6.07) is 0.969. The third kappa shape index (κ3) is 3.94. The highest BCUT2D eigenvalue weighted by molar-refractivity contribution is 4.92. The molecular formula is C15H31FN6. The van der Waals surface area contributed by atoms with Crippen LogP contribution in [-0.4, -0.2) is 48.6 Å². The monoisotopic (exact) mass is 314 g/mol. The molecule has 0 amide bonds. The van der Waals surface area contributed by atoms with E-state index in [0.29, 0.717) is 37.1 Å². The first-order valence-electron chi connectivity index (χ1n) is 8.42. The van der Waals surface area contributed by atoms with Crippen LogP contribution in [0.4, 0.5) is 4.39 Å². The van der Waals surface area contributed by atoms with Crippen LogP contribution in [-0.2, 0) is 0 Å². The summed E-state index contributed by atoms with van der Waals surface area (Å²) in [5, 5.41) is 13.9. The Labute approximate surface area is 133 Å². The van der Waals surface area contributed by atoms with Crippen LogP contribution in [0, 0.1) is 11.8 Å². The van der Waals surface area contributed by atoms with E-state index < -0.39 is 6.17 Å². The molecule has 0 saturated carbocycles. The van der Waals surface area contributed by atoms with Gasteiger partial charge in [-0.3, -0.25) is 10.2 Å². The zero-order valence-corrected chi connectivity index (χ0v) is 14.2. The quantitative estimate of drug-likeness (QED) is 0.409. The van der Waals surface area contributed by atoms with E-state index in [1.54, 1.807) is 0 Å². The van der Waals surface area contributed by atoms with Gasteiger partial charge >= 0.3 is 0 Å². The summed E-state index contributed by atoms with van der Waals surface area (Å²) in [6.45, 7) is 10.1. The topological polar surface area (TPSA) is 78.0 Å². The molecule has 6 nitrogen and oxygen atoms in total. The van der Waals surface area contributed by atoms with Gasteiger partial charge in [-0.15, -0.1) is 0 Å². The molecule has 2 saturated heterocycles. The molecule has 2 rings (SSSR count). The predicted octanol–water partition coefficient (Wildman–Crippen LogP) is 1.64. The molecule has 128 valence electrons. The van der Waals surface area contributed by atoms with Gasteiger partial charge in [0.05, 0.1) is 6.17 Å². The Bertz CT molecular complexity index is 377. The Hall–Kier alpha value is -0.790. The summed E-state index contributed by atoms with van der Waals surface area (Å²) in [7, 11) is 0. The second-order valence-corrected chi connectivity index (χ2v) is 7.06. The van der Waals surface area contributed by atoms with Gasteiger partial charge in [0.1, 0.15) is 12.3 Å². The number of nitrogens with one attached hydrogen (secondary N) is 2. The number of rotatable bonds is 5. The largest absolute Gasteiger partial charge is 0.305 e. The minimum atomic E-state index is -0.821. The SMILES string of the molecule is CC(CC1CNC(C)N1C(C)C)C1CC(N=NN)NCC1F. The molecule has 6 unspecified atom stereocenters. The second-order valence-electron chi connectivity index (χ2n) is 7.06. The highest BCUT2D eigenvalue weighted by Gasteiger charge is 2.38. The molecule has 0 aromatic rings. The minimum Gasteiger partial charge on any atom is -0.305 e. The van der Waals surface area contributed by atoms with E-state index in [1.807, 2.05) is 0 Å². The second kappa shape index (κ2) is 7.66. The lowest BCUT2D eigenvalue weighted by Crippen LogP contribution is -2.48. The van der Waals surface area contributed by atoms with Crippen LogP contribution in [0.1, 0.15) is 40.5 Å². The van der Waals surface area contributed by atoms with Crippen molar-refractivity contribution >= 4 is 0 Å². The van der Waals surface area contributed by atoms with Gasteiger partial charge in [-0.2, -0.15) is 5.11 Å². The molecule has 0 radical (unpaired) electrons. The number of piperidine rings is 1. The van der Waals surface area contributed by atoms with Gasteiger partial charge in [-0.1, -0.05) is 12.1 Å². The molecule has 6 atom stereocenters. The average Bonchev–Trinajstić information content (AvgIpc) is 2.82. The van der Waals surface area contributed by atoms with E-state index in [0.717, 1.165) is 13.0 Å². The van der Waals surface area contributed by atoms with Crippen molar-refractivity contribution in [1.82, 2.24) is 15.5 Å². The number of hydrogen-bond acceptors (Lipinski definition) is 5. The lowest BCUT2D eigenvalue weighted by atomic mass is 9.80. The van der Waals surface area contributed by atoms with Crippen molar-refractivity contribution in [3.8, 4) is 0 Å². The first-order chi connectivity index (χ1) is 10.4. The fourth-order valence-corrected chi connectivity index (χ4v) is 4.16. The van der Waals surface area contributed by atoms with Crippen LogP contribution in [0.5, 0.6) is 0 Å². The van der Waals surface area contributed by atoms with E-state index in [2.05, 4.69) is 53.6 Å². The Morgan fingerprint density at radius 2 is 2.00 bits per heavy atom. The molecular weight excluding hydrogens is 283 g/mol. The Kier molecular flexibility index (Phi) is 6.11. The summed E-state index contributed by atoms with van der Waals surface area (Å²) in [4.78, 5) is 2.50. The number of hydrogen-bond donors (Lipinski definition) is 3. The van der Waals surface area contributed by atoms with E-state index in [-0.39, 0.29) is 12.1 Å². The van der Waals surface area contributed by atoms with Crippen molar-refractivity contribution in [2.45, 2.75) is 71.1 Å². The fourth-order valence-electron chi connectivity index (χ4n) is 4.16. The molecule has 22 heavy (non-hydrogen) atoms. The Morgan fingerprint density at radius 3 is 2.64 bits per heavy atom. The van der Waals surface area contributed by atoms with Crippen molar-refractivity contribution in [3.05, 3.63) is 0 Å². The normalized spacial score (nSPS) is 38.9. The molecule has 0 aromatic carbocycles. The maximum Gasteiger partial charge on any atom is 0.123 e. The van der Waals surface area contributed by atoms with Gasteiger partial charge in [0.25, 0.3) is 0 Å². The zero-order chi connectivity index (χ0) is 16.3. The van der Waals surface area contributed by atoms with Crippen molar-refractivity contribution < 1.29 is 4.39 Å². The number of nitrogens with two attached hydrogens (primary N) is 1. The van der Waals surface area contributed by atoms with Crippen LogP contribution in [0.15, 0.2) is 10.3 Å². The molecule has 0 spiro atoms. The van der Waals surface area contributed by atoms with Gasteiger partial charge in [0.15, 0.2) is 0 Å². The average molecular weight is 314 g/mol. The number of halogens is 1. The molecule has 0 aliphatic carbocycles. The summed E-state index contributed by atoms with van der Waals surface area (Å²) in [5.74, 6) is 5.45. The van der Waals surface area contributed by atoms with Gasteiger partial charge < -0.3 is 11.2 Å². The number of nitrogens with zero attached hydrogens (tertiary/aromatic N) is 3. The highest BCUT2D eigenvalue weighted by atomic mass is 19.1. The van der Waals surface area contributed by atoms with Crippen LogP contribution >= 0.6 is 0 Å². The van der Waals surface area contributed by atoms with Crippen LogP contribution in [0.2, 0.25) is 0 Å². The van der Waals surface area contributed by atoms with Crippen molar-refractivity contribution in [1.29, 1.82) is 0 Å². The Morgan fingerprint density at radius 1 is 1.27 bits per heavy atom. The van der Waals surface area contributed by atoms with Crippen molar-refractivity contribution in [3.63, 3.8) is 0 Å². The van der Waals surface area contributed by atoms with Crippen LogP contribution < -0.4 is 16.5 Å². The van der Waals surface area contributed by atoms with Crippen LogP contribution in [0.3, 0.4) is 0 Å². The fraction of sp³-hybridized carbons (Fsp3) is 1.00. The molecule has 0 aromatic heterocycles. The summed E-state index contributed by atoms with van der Waals surface area (Å²) >= 11 is 0. The molecule has 4 N–H and O–H groups in total. The highest BCUT2D eigenvalue weighted by Crippen LogP contribution is 2.32. The van der Waals surface area contributed by atoms with Gasteiger partial charge in [-0.25, -0.2) is 4.39 Å². The molecule has 7 heteroatoms. The first kappa shape index (κ1) is 17.6. The van der Waals surface area contributed by atoms with Crippen molar-refractivity contribution in [2.75, 3.05) is 13.1 Å². The lowest BCUT2D eigenvalue weighted by Gasteiger charge is -2.37. The van der Waals surface area contributed by atoms with Gasteiger partial charge in [0, 0.05) is 25.2 Å². The third-order valence-electron chi connectivity index (χ3n) is 5.20. The summed E-state index contributed by atoms with van der Waals surface area (Å²) in [6.07, 6.45) is 1.10. The molecule has 2 aliphatic rings.